The van der Waals surface area contributed by atoms with Crippen molar-refractivity contribution in [3.8, 4) is 11.4 Å². The molecular weight excluding hydrogens is 1360 g/mol. The molecule has 0 bridgehead atoms. The number of hydrogen-bond acceptors (Lipinski definition) is 22. The maximum absolute atomic E-state index is 15.3. The van der Waals surface area contributed by atoms with Crippen molar-refractivity contribution in [3.05, 3.63) is 61.7 Å². The molecule has 1 saturated heterocycles. The van der Waals surface area contributed by atoms with Gasteiger partial charge < -0.3 is 90.1 Å². The molecule has 5 heterocycles. The van der Waals surface area contributed by atoms with Gasteiger partial charge in [0.05, 0.1) is 75.1 Å². The zero-order chi connectivity index (χ0) is 76.8. The van der Waals surface area contributed by atoms with Crippen molar-refractivity contribution in [2.24, 2.45) is 11.7 Å². The summed E-state index contributed by atoms with van der Waals surface area (Å²) in [5.41, 5.74) is 5.46. The lowest BCUT2D eigenvalue weighted by Crippen LogP contribution is -2.57. The van der Waals surface area contributed by atoms with E-state index in [4.69, 9.17) is 48.6 Å². The van der Waals surface area contributed by atoms with Gasteiger partial charge in [0.1, 0.15) is 59.4 Å². The summed E-state index contributed by atoms with van der Waals surface area (Å²) >= 11 is 0. The minimum atomic E-state index is -2.17. The molecule has 7 atom stereocenters. The lowest BCUT2D eigenvalue weighted by molar-refractivity contribution is -0.191. The molecule has 3 aromatic rings. The summed E-state index contributed by atoms with van der Waals surface area (Å²) < 4.78 is 61.5. The molecule has 0 saturated carbocycles. The third-order valence-electron chi connectivity index (χ3n) is 17.7. The first-order valence-electron chi connectivity index (χ1n) is 35.5. The number of benzene rings is 1. The van der Waals surface area contributed by atoms with Gasteiger partial charge in [0.15, 0.2) is 0 Å². The zero-order valence-corrected chi connectivity index (χ0v) is 61.9. The molecule has 2 aromatic heterocycles. The maximum atomic E-state index is 15.3. The topological polar surface area (TPSA) is 418 Å². The molecule has 7 amide bonds. The molecule has 1 aromatic carbocycles. The number of carbonyl (C=O) groups excluding carboxylic acids is 10. The Balaban J connectivity index is 0.805. The SMILES string of the molecule is CC[C@@]1(OC(=O)[C@@H](NC(=O)[C@@H]2CCCN2C(=O)[C@H](CC(=O)O)NC(=O)CCOCCOCCOCCNC(=O)NCCCC[C@H](NC(=O)N[C@@H](CCC(=O)OC(C)(C)C)C(=O)OC(C)(C)C)C(=O)OC(C)(C)C)C(C)C)C(=O)OCc2c1cc1n(c2=O)Cc2c-1nc1cc(F)c(C)c3c1c2[C@@H](N)CC3. The van der Waals surface area contributed by atoms with Crippen LogP contribution >= 0.6 is 0 Å². The minimum absolute atomic E-state index is 0.0171. The monoisotopic (exact) mass is 1460 g/mol. The second kappa shape index (κ2) is 35.7. The number of amides is 7. The number of urea groups is 2. The van der Waals surface area contributed by atoms with Crippen LogP contribution in [0.25, 0.3) is 22.3 Å². The number of unbranched alkanes of at least 4 members (excludes halogenated alkanes) is 1. The van der Waals surface area contributed by atoms with Crippen molar-refractivity contribution in [1.29, 1.82) is 0 Å². The minimum Gasteiger partial charge on any atom is -0.481 e. The van der Waals surface area contributed by atoms with Gasteiger partial charge in [0, 0.05) is 61.1 Å². The lowest BCUT2D eigenvalue weighted by Gasteiger charge is -2.37. The number of likely N-dealkylation sites (tertiary alicyclic amines) is 1. The van der Waals surface area contributed by atoms with Gasteiger partial charge >= 0.3 is 47.9 Å². The highest BCUT2D eigenvalue weighted by Crippen LogP contribution is 2.46. The van der Waals surface area contributed by atoms with E-state index in [1.807, 2.05) is 0 Å². The molecule has 1 fully saturated rings. The summed E-state index contributed by atoms with van der Waals surface area (Å²) in [5.74, 6) is -8.91. The molecule has 0 unspecified atom stereocenters. The van der Waals surface area contributed by atoms with E-state index in [0.717, 1.165) is 21.4 Å². The van der Waals surface area contributed by atoms with Crippen LogP contribution in [0.15, 0.2) is 16.9 Å². The number of carbonyl (C=O) groups is 11. The number of aromatic nitrogens is 2. The predicted molar refractivity (Wildman–Crippen MR) is 372 cm³/mol. The van der Waals surface area contributed by atoms with Crippen molar-refractivity contribution >= 4 is 76.5 Å². The number of nitrogens with two attached hydrogens (primary N) is 1. The van der Waals surface area contributed by atoms with E-state index in [2.05, 4.69) is 31.9 Å². The average molecular weight is 1460 g/mol. The number of ether oxygens (including phenoxy) is 8. The van der Waals surface area contributed by atoms with Crippen molar-refractivity contribution in [2.45, 2.75) is 239 Å². The van der Waals surface area contributed by atoms with E-state index in [9.17, 15) is 62.6 Å². The van der Waals surface area contributed by atoms with Crippen LogP contribution in [0.1, 0.15) is 193 Å². The molecular formula is C72H103FN10O21. The van der Waals surface area contributed by atoms with Gasteiger partial charge in [0.2, 0.25) is 23.3 Å². The number of cyclic esters (lactones) is 1. The van der Waals surface area contributed by atoms with Crippen LogP contribution in [-0.4, -0.2) is 191 Å². The van der Waals surface area contributed by atoms with Crippen LogP contribution in [0.5, 0.6) is 0 Å². The fraction of sp³-hybridized carbons (Fsp3) is 0.653. The summed E-state index contributed by atoms with van der Waals surface area (Å²) in [6.45, 7) is 22.3. The number of nitrogens with one attached hydrogen (secondary N) is 6. The largest absolute Gasteiger partial charge is 0.481 e. The van der Waals surface area contributed by atoms with Gasteiger partial charge in [-0.05, 0) is 156 Å². The third kappa shape index (κ3) is 21.9. The summed E-state index contributed by atoms with van der Waals surface area (Å²) in [6.07, 6.45) is 0.831. The quantitative estimate of drug-likeness (QED) is 0.0176. The number of esters is 5. The van der Waals surface area contributed by atoms with Crippen molar-refractivity contribution in [3.63, 3.8) is 0 Å². The molecule has 574 valence electrons. The number of carboxylic acid groups (broad SMARTS) is 1. The number of carboxylic acids is 1. The number of aryl methyl sites for hydroxylation is 1. The number of hydrogen-bond donors (Lipinski definition) is 8. The lowest BCUT2D eigenvalue weighted by atomic mass is 9.82. The van der Waals surface area contributed by atoms with E-state index < -0.39 is 155 Å². The molecule has 32 heteroatoms. The molecule has 0 radical (unpaired) electrons. The molecule has 7 rings (SSSR count). The molecule has 9 N–H and O–H groups in total. The second-order valence-electron chi connectivity index (χ2n) is 29.7. The highest BCUT2D eigenvalue weighted by Gasteiger charge is 2.52. The molecule has 0 spiro atoms. The summed E-state index contributed by atoms with van der Waals surface area (Å²) in [7, 11) is 0. The van der Waals surface area contributed by atoms with Gasteiger partial charge in [-0.15, -0.1) is 0 Å². The van der Waals surface area contributed by atoms with Crippen molar-refractivity contribution in [1.82, 2.24) is 46.4 Å². The van der Waals surface area contributed by atoms with Crippen LogP contribution in [0, 0.1) is 18.7 Å². The number of aliphatic carboxylic acids is 1. The Hall–Kier alpha value is -8.88. The second-order valence-corrected chi connectivity index (χ2v) is 29.7. The molecule has 4 aliphatic rings. The summed E-state index contributed by atoms with van der Waals surface area (Å²) in [6, 6.07) is -5.42. The van der Waals surface area contributed by atoms with E-state index >= 15 is 4.39 Å². The number of halogens is 1. The average Bonchev–Trinajstić information content (AvgIpc) is 1.49. The molecule has 3 aliphatic heterocycles. The Morgan fingerprint density at radius 2 is 1.35 bits per heavy atom. The standard InChI is InChI=1S/C72H103FN10O21/c1-14-72(44-34-52-59-42(37-83(52)61(89)43(44)38-100-66(72)94)56-46(74)21-20-41-40(4)45(73)35-49(78-59)57(41)56)104-65(93)58(39(2)3)81-60(88)51-19-17-27-82(51)62(90)50(36-54(85)86)77-53(84)24-28-97-30-32-99-33-31-98-29-26-76-67(95)75-25-16-15-18-47(63(91)102-70(8,9)10)79-68(96)80-48(64(92)103-71(11,12)13)22-23-55(87)101-69(5,6)7/h34-35,39,46-48,50-51,58H,14-33,36-38,74H2,1-13H3,(H,77,84)(H,81,88)(H,85,86)(H2,75,76,95)(H2,79,80,96)/t46-,47-,48-,50-,51-,58-,72-/m0/s1. The van der Waals surface area contributed by atoms with Crippen LogP contribution in [0.4, 0.5) is 14.0 Å². The highest BCUT2D eigenvalue weighted by molar-refractivity contribution is 5.97. The van der Waals surface area contributed by atoms with Crippen molar-refractivity contribution in [2.75, 3.05) is 59.3 Å². The Bertz CT molecular complexity index is 3770. The molecule has 104 heavy (non-hydrogen) atoms. The normalized spacial score (nSPS) is 18.0. The number of pyridine rings is 2. The maximum Gasteiger partial charge on any atom is 0.355 e. The van der Waals surface area contributed by atoms with Crippen LogP contribution in [0.3, 0.4) is 0 Å². The number of nitrogens with zero attached hydrogens (tertiary/aromatic N) is 3. The number of fused-ring (bicyclic) bond motifs is 5. The van der Waals surface area contributed by atoms with Gasteiger partial charge in [-0.2, -0.15) is 0 Å². The van der Waals surface area contributed by atoms with Gasteiger partial charge in [-0.25, -0.2) is 38.1 Å². The predicted octanol–water partition coefficient (Wildman–Crippen LogP) is 4.87. The van der Waals surface area contributed by atoms with Crippen LogP contribution in [0.2, 0.25) is 0 Å². The highest BCUT2D eigenvalue weighted by atomic mass is 19.1. The van der Waals surface area contributed by atoms with E-state index in [-0.39, 0.29) is 115 Å². The van der Waals surface area contributed by atoms with Gasteiger partial charge in [-0.1, -0.05) is 20.8 Å². The number of rotatable bonds is 34. The smallest absolute Gasteiger partial charge is 0.355 e. The van der Waals surface area contributed by atoms with Crippen LogP contribution < -0.4 is 43.2 Å². The molecule has 1 aliphatic carbocycles. The van der Waals surface area contributed by atoms with E-state index in [1.165, 1.54) is 10.6 Å². The first-order chi connectivity index (χ1) is 48.8. The zero-order valence-electron chi connectivity index (χ0n) is 61.9. The first-order valence-corrected chi connectivity index (χ1v) is 35.5. The Kier molecular flexibility index (Phi) is 28.3. The fourth-order valence-electron chi connectivity index (χ4n) is 12.8. The fourth-order valence-corrected chi connectivity index (χ4v) is 12.8. The van der Waals surface area contributed by atoms with Crippen LogP contribution in [-0.2, 0) is 106 Å². The summed E-state index contributed by atoms with van der Waals surface area (Å²) in [4.78, 5) is 167. The van der Waals surface area contributed by atoms with E-state index in [0.29, 0.717) is 60.1 Å². The third-order valence-corrected chi connectivity index (χ3v) is 17.7. The first kappa shape index (κ1) is 82.4. The van der Waals surface area contributed by atoms with Gasteiger partial charge in [-0.3, -0.25) is 28.8 Å². The Morgan fingerprint density at radius 1 is 0.731 bits per heavy atom. The Labute approximate surface area is 603 Å². The van der Waals surface area contributed by atoms with Gasteiger partial charge in [0.25, 0.3) is 5.56 Å². The Morgan fingerprint density at radius 3 is 1.96 bits per heavy atom. The van der Waals surface area contributed by atoms with E-state index in [1.54, 1.807) is 96.1 Å². The van der Waals surface area contributed by atoms with Crippen molar-refractivity contribution < 1.29 is 100 Å². The molecule has 31 nitrogen and oxygen atoms in total. The summed E-state index contributed by atoms with van der Waals surface area (Å²) in [5, 5.41) is 26.2.